The second-order valence-electron chi connectivity index (χ2n) is 6.90. The highest BCUT2D eigenvalue weighted by Gasteiger charge is 2.18. The number of nitrogens with one attached hydrogen (secondary N) is 1. The minimum atomic E-state index is -0.312. The number of ether oxygens (including phenoxy) is 2. The molecule has 0 bridgehead atoms. The fraction of sp³-hybridized carbons (Fsp3) is 0.273. The number of carbonyl (C=O) groups is 1. The molecular formula is C22H20ClFN2O3S. The Morgan fingerprint density at radius 2 is 2.20 bits per heavy atom. The summed E-state index contributed by atoms with van der Waals surface area (Å²) in [6.07, 6.45) is 2.07. The van der Waals surface area contributed by atoms with E-state index in [9.17, 15) is 9.18 Å². The first kappa shape index (κ1) is 20.8. The van der Waals surface area contributed by atoms with Crippen molar-refractivity contribution in [3.63, 3.8) is 0 Å². The van der Waals surface area contributed by atoms with E-state index in [2.05, 4.69) is 10.3 Å². The minimum Gasteiger partial charge on any atom is -0.489 e. The molecule has 0 spiro atoms. The van der Waals surface area contributed by atoms with Crippen molar-refractivity contribution in [1.29, 1.82) is 0 Å². The molecule has 1 aliphatic heterocycles. The van der Waals surface area contributed by atoms with Gasteiger partial charge in [-0.15, -0.1) is 11.3 Å². The standard InChI is InChI=1S/C22H20ClFN2O3S/c23-18-10-15(29-12-14-4-1-2-6-19(14)24)7-8-17(18)22-26-20(13-30-22)21(27)25-11-16-5-3-9-28-16/h1-2,4,6-8,10,13,16H,3,5,9,11-12H2,(H,25,27)/t16-/m1/s1. The van der Waals surface area contributed by atoms with Crippen LogP contribution in [0.4, 0.5) is 4.39 Å². The Morgan fingerprint density at radius 3 is 2.97 bits per heavy atom. The van der Waals surface area contributed by atoms with E-state index in [0.717, 1.165) is 19.4 Å². The zero-order chi connectivity index (χ0) is 20.9. The second kappa shape index (κ2) is 9.55. The number of nitrogens with zero attached hydrogens (tertiary/aromatic N) is 1. The Labute approximate surface area is 182 Å². The third kappa shape index (κ3) is 4.98. The van der Waals surface area contributed by atoms with Crippen molar-refractivity contribution >= 4 is 28.8 Å². The maximum atomic E-state index is 13.7. The van der Waals surface area contributed by atoms with Gasteiger partial charge in [-0.3, -0.25) is 4.79 Å². The van der Waals surface area contributed by atoms with Crippen molar-refractivity contribution in [3.05, 3.63) is 69.9 Å². The lowest BCUT2D eigenvalue weighted by atomic mass is 10.2. The first-order chi connectivity index (χ1) is 14.6. The molecule has 3 aromatic rings. The number of hydrogen-bond acceptors (Lipinski definition) is 5. The Bertz CT molecular complexity index is 1040. The minimum absolute atomic E-state index is 0.0819. The molecule has 1 saturated heterocycles. The summed E-state index contributed by atoms with van der Waals surface area (Å²) in [6, 6.07) is 11.7. The number of rotatable bonds is 7. The average molecular weight is 447 g/mol. The Hall–Kier alpha value is -2.48. The van der Waals surface area contributed by atoms with E-state index in [1.165, 1.54) is 17.4 Å². The number of halogens is 2. The molecule has 4 rings (SSSR count). The van der Waals surface area contributed by atoms with Crippen LogP contribution in [0.5, 0.6) is 5.75 Å². The fourth-order valence-corrected chi connectivity index (χ4v) is 4.29. The lowest BCUT2D eigenvalue weighted by Gasteiger charge is -2.09. The third-order valence-electron chi connectivity index (χ3n) is 4.77. The molecular weight excluding hydrogens is 427 g/mol. The average Bonchev–Trinajstić information content (AvgIpc) is 3.44. The molecule has 0 radical (unpaired) electrons. The van der Waals surface area contributed by atoms with Gasteiger partial charge in [0.15, 0.2) is 0 Å². The number of benzene rings is 2. The van der Waals surface area contributed by atoms with Gasteiger partial charge in [0.2, 0.25) is 0 Å². The van der Waals surface area contributed by atoms with Crippen molar-refractivity contribution in [1.82, 2.24) is 10.3 Å². The van der Waals surface area contributed by atoms with Crippen molar-refractivity contribution in [2.45, 2.75) is 25.6 Å². The Morgan fingerprint density at radius 1 is 1.33 bits per heavy atom. The number of aromatic nitrogens is 1. The fourth-order valence-electron chi connectivity index (χ4n) is 3.14. The van der Waals surface area contributed by atoms with Gasteiger partial charge in [-0.1, -0.05) is 29.8 Å². The van der Waals surface area contributed by atoms with Gasteiger partial charge in [0.1, 0.15) is 28.9 Å². The molecule has 2 aromatic carbocycles. The van der Waals surface area contributed by atoms with Gasteiger partial charge in [0.05, 0.1) is 11.1 Å². The molecule has 1 atom stereocenters. The molecule has 30 heavy (non-hydrogen) atoms. The van der Waals surface area contributed by atoms with E-state index in [1.54, 1.807) is 41.8 Å². The monoisotopic (exact) mass is 446 g/mol. The molecule has 1 amide bonds. The van der Waals surface area contributed by atoms with Crippen LogP contribution >= 0.6 is 22.9 Å². The SMILES string of the molecule is O=C(NC[C@H]1CCCO1)c1csc(-c2ccc(OCc3ccccc3F)cc2Cl)n1. The molecule has 156 valence electrons. The van der Waals surface area contributed by atoms with Gasteiger partial charge in [0, 0.05) is 29.7 Å². The Kier molecular flexibility index (Phi) is 6.62. The van der Waals surface area contributed by atoms with Crippen molar-refractivity contribution in [3.8, 4) is 16.3 Å². The first-order valence-electron chi connectivity index (χ1n) is 9.61. The molecule has 1 aromatic heterocycles. The van der Waals surface area contributed by atoms with Crippen molar-refractivity contribution in [2.75, 3.05) is 13.2 Å². The third-order valence-corrected chi connectivity index (χ3v) is 5.96. The van der Waals surface area contributed by atoms with Crippen LogP contribution in [-0.4, -0.2) is 30.1 Å². The lowest BCUT2D eigenvalue weighted by molar-refractivity contribution is 0.0854. The highest BCUT2D eigenvalue weighted by molar-refractivity contribution is 7.13. The molecule has 8 heteroatoms. The van der Waals surface area contributed by atoms with Crippen molar-refractivity contribution < 1.29 is 18.7 Å². The maximum Gasteiger partial charge on any atom is 0.270 e. The van der Waals surface area contributed by atoms with Gasteiger partial charge in [-0.25, -0.2) is 9.37 Å². The molecule has 0 unspecified atom stereocenters. The zero-order valence-corrected chi connectivity index (χ0v) is 17.6. The van der Waals surface area contributed by atoms with E-state index in [0.29, 0.717) is 39.1 Å². The normalized spacial score (nSPS) is 15.9. The molecule has 1 fully saturated rings. The molecule has 1 N–H and O–H groups in total. The van der Waals surface area contributed by atoms with Gasteiger partial charge < -0.3 is 14.8 Å². The smallest absolute Gasteiger partial charge is 0.270 e. The van der Waals surface area contributed by atoms with Gasteiger partial charge >= 0.3 is 0 Å². The molecule has 5 nitrogen and oxygen atoms in total. The van der Waals surface area contributed by atoms with Gasteiger partial charge in [-0.05, 0) is 37.1 Å². The predicted octanol–water partition coefficient (Wildman–Crippen LogP) is 5.09. The van der Waals surface area contributed by atoms with Crippen LogP contribution in [0.3, 0.4) is 0 Å². The molecule has 0 aliphatic carbocycles. The number of hydrogen-bond donors (Lipinski definition) is 1. The summed E-state index contributed by atoms with van der Waals surface area (Å²) in [5.74, 6) is -0.0136. The summed E-state index contributed by atoms with van der Waals surface area (Å²) in [7, 11) is 0. The largest absolute Gasteiger partial charge is 0.489 e. The highest BCUT2D eigenvalue weighted by atomic mass is 35.5. The summed E-state index contributed by atoms with van der Waals surface area (Å²) in [5, 5.41) is 5.66. The molecule has 1 aliphatic rings. The van der Waals surface area contributed by atoms with Crippen LogP contribution in [0.1, 0.15) is 28.9 Å². The van der Waals surface area contributed by atoms with Crippen molar-refractivity contribution in [2.24, 2.45) is 0 Å². The van der Waals surface area contributed by atoms with Crippen LogP contribution in [0.2, 0.25) is 5.02 Å². The zero-order valence-electron chi connectivity index (χ0n) is 16.1. The van der Waals surface area contributed by atoms with Crippen LogP contribution in [0, 0.1) is 5.82 Å². The second-order valence-corrected chi connectivity index (χ2v) is 8.17. The summed E-state index contributed by atoms with van der Waals surface area (Å²) < 4.78 is 24.9. The highest BCUT2D eigenvalue weighted by Crippen LogP contribution is 2.33. The quantitative estimate of drug-likeness (QED) is 0.549. The Balaban J connectivity index is 1.39. The maximum absolute atomic E-state index is 13.7. The van der Waals surface area contributed by atoms with Gasteiger partial charge in [-0.2, -0.15) is 0 Å². The molecule has 2 heterocycles. The van der Waals surface area contributed by atoms with E-state index in [-0.39, 0.29) is 24.4 Å². The first-order valence-corrected chi connectivity index (χ1v) is 10.9. The van der Waals surface area contributed by atoms with Crippen LogP contribution in [0.15, 0.2) is 47.8 Å². The van der Waals surface area contributed by atoms with Gasteiger partial charge in [0.25, 0.3) is 5.91 Å². The number of carbonyl (C=O) groups excluding carboxylic acids is 1. The van der Waals surface area contributed by atoms with E-state index < -0.39 is 0 Å². The van der Waals surface area contributed by atoms with E-state index in [4.69, 9.17) is 21.1 Å². The number of thiazole rings is 1. The van der Waals surface area contributed by atoms with Crippen LogP contribution in [-0.2, 0) is 11.3 Å². The topological polar surface area (TPSA) is 60.5 Å². The van der Waals surface area contributed by atoms with Crippen LogP contribution in [0.25, 0.3) is 10.6 Å². The van der Waals surface area contributed by atoms with E-state index in [1.807, 2.05) is 0 Å². The summed E-state index contributed by atoms with van der Waals surface area (Å²) in [6.45, 7) is 1.34. The summed E-state index contributed by atoms with van der Waals surface area (Å²) in [5.41, 5.74) is 1.53. The van der Waals surface area contributed by atoms with Crippen LogP contribution < -0.4 is 10.1 Å². The van der Waals surface area contributed by atoms with E-state index >= 15 is 0 Å². The molecule has 0 saturated carbocycles. The number of amides is 1. The summed E-state index contributed by atoms with van der Waals surface area (Å²) >= 11 is 7.75. The summed E-state index contributed by atoms with van der Waals surface area (Å²) in [4.78, 5) is 16.7. The predicted molar refractivity (Wildman–Crippen MR) is 115 cm³/mol. The lowest BCUT2D eigenvalue weighted by Crippen LogP contribution is -2.31.